The maximum atomic E-state index is 13.5. The van der Waals surface area contributed by atoms with Crippen molar-refractivity contribution in [1.82, 2.24) is 20.9 Å². The van der Waals surface area contributed by atoms with Crippen LogP contribution in [0.5, 0.6) is 0 Å². The highest BCUT2D eigenvalue weighted by Crippen LogP contribution is 2.19. The summed E-state index contributed by atoms with van der Waals surface area (Å²) >= 11 is 0. The van der Waals surface area contributed by atoms with Crippen molar-refractivity contribution < 1.29 is 29.4 Å². The number of benzene rings is 2. The van der Waals surface area contributed by atoms with Gasteiger partial charge in [0.2, 0.25) is 17.7 Å². The summed E-state index contributed by atoms with van der Waals surface area (Å²) in [7, 11) is 0. The Morgan fingerprint density at radius 3 is 2.19 bits per heavy atom. The summed E-state index contributed by atoms with van der Waals surface area (Å²) in [5.74, 6) is -3.40. The number of aliphatic hydroxyl groups is 1. The number of hydrogen-bond donors (Lipinski definition) is 8. The average molecular weight is 581 g/mol. The Morgan fingerprint density at radius 1 is 0.857 bits per heavy atom. The molecular formula is C30H40N6O6. The van der Waals surface area contributed by atoms with Crippen molar-refractivity contribution in [2.75, 3.05) is 6.54 Å². The second kappa shape index (κ2) is 15.7. The van der Waals surface area contributed by atoms with Gasteiger partial charge in [0.15, 0.2) is 0 Å². The summed E-state index contributed by atoms with van der Waals surface area (Å²) in [6, 6.07) is 11.5. The highest BCUT2D eigenvalue weighted by Gasteiger charge is 2.32. The Morgan fingerprint density at radius 2 is 1.52 bits per heavy atom. The van der Waals surface area contributed by atoms with Crippen LogP contribution in [-0.2, 0) is 32.0 Å². The molecular weight excluding hydrogens is 540 g/mol. The fraction of sp³-hybridized carbons (Fsp3) is 0.400. The van der Waals surface area contributed by atoms with E-state index in [2.05, 4.69) is 20.9 Å². The van der Waals surface area contributed by atoms with Gasteiger partial charge in [-0.25, -0.2) is 4.79 Å². The number of para-hydroxylation sites is 1. The lowest BCUT2D eigenvalue weighted by Gasteiger charge is -2.26. The number of carboxylic acids is 1. The molecule has 0 saturated carbocycles. The van der Waals surface area contributed by atoms with Gasteiger partial charge in [-0.15, -0.1) is 0 Å². The second-order valence-corrected chi connectivity index (χ2v) is 10.3. The van der Waals surface area contributed by atoms with Gasteiger partial charge in [0.05, 0.1) is 12.1 Å². The molecule has 3 amide bonds. The van der Waals surface area contributed by atoms with E-state index >= 15 is 0 Å². The summed E-state index contributed by atoms with van der Waals surface area (Å²) in [5, 5.41) is 28.7. The number of aromatic nitrogens is 1. The van der Waals surface area contributed by atoms with E-state index in [0.717, 1.165) is 10.9 Å². The molecule has 3 aromatic rings. The summed E-state index contributed by atoms with van der Waals surface area (Å²) in [4.78, 5) is 54.7. The number of nitrogens with two attached hydrogens (primary N) is 2. The Kier molecular flexibility index (Phi) is 12.0. The molecule has 3 rings (SSSR count). The maximum Gasteiger partial charge on any atom is 0.326 e. The Balaban J connectivity index is 1.77. The minimum Gasteiger partial charge on any atom is -0.480 e. The number of rotatable bonds is 16. The van der Waals surface area contributed by atoms with Crippen LogP contribution in [0.15, 0.2) is 60.8 Å². The number of carboxylic acid groups (broad SMARTS) is 1. The zero-order chi connectivity index (χ0) is 30.6. The molecule has 0 spiro atoms. The molecule has 10 N–H and O–H groups in total. The number of fused-ring (bicyclic) bond motifs is 1. The third-order valence-electron chi connectivity index (χ3n) is 7.00. The number of aliphatic hydroxyl groups excluding tert-OH is 1. The first-order chi connectivity index (χ1) is 20.1. The number of aliphatic carboxylic acids is 1. The van der Waals surface area contributed by atoms with E-state index in [1.54, 1.807) is 36.5 Å². The third kappa shape index (κ3) is 9.13. The van der Waals surface area contributed by atoms with E-state index in [1.807, 2.05) is 24.3 Å². The van der Waals surface area contributed by atoms with Crippen molar-refractivity contribution in [3.63, 3.8) is 0 Å². The maximum absolute atomic E-state index is 13.5. The van der Waals surface area contributed by atoms with Gasteiger partial charge in [0, 0.05) is 29.9 Å². The van der Waals surface area contributed by atoms with Gasteiger partial charge in [-0.05, 0) is 43.5 Å². The summed E-state index contributed by atoms with van der Waals surface area (Å²) in [6.07, 6.45) is 2.10. The van der Waals surface area contributed by atoms with Crippen LogP contribution >= 0.6 is 0 Å². The zero-order valence-corrected chi connectivity index (χ0v) is 23.6. The van der Waals surface area contributed by atoms with Crippen molar-refractivity contribution in [3.05, 3.63) is 71.9 Å². The summed E-state index contributed by atoms with van der Waals surface area (Å²) in [5.41, 5.74) is 13.7. The van der Waals surface area contributed by atoms with Gasteiger partial charge in [-0.3, -0.25) is 14.4 Å². The monoisotopic (exact) mass is 580 g/mol. The molecule has 12 heteroatoms. The highest BCUT2D eigenvalue weighted by molar-refractivity contribution is 5.94. The van der Waals surface area contributed by atoms with Crippen LogP contribution in [0, 0.1) is 0 Å². The van der Waals surface area contributed by atoms with Gasteiger partial charge in [0.25, 0.3) is 0 Å². The van der Waals surface area contributed by atoms with Crippen molar-refractivity contribution in [3.8, 4) is 0 Å². The molecule has 42 heavy (non-hydrogen) atoms. The SMILES string of the molecule is CC(O)C(NC(=O)C(N)CCCCN)C(=O)NC(Cc1ccccc1)C(=O)NC(Cc1c[nH]c2ccccc12)C(=O)O. The van der Waals surface area contributed by atoms with E-state index in [9.17, 15) is 29.4 Å². The minimum atomic E-state index is -1.40. The van der Waals surface area contributed by atoms with Crippen LogP contribution in [0.4, 0.5) is 0 Å². The van der Waals surface area contributed by atoms with Crippen molar-refractivity contribution in [1.29, 1.82) is 0 Å². The molecule has 226 valence electrons. The molecule has 0 radical (unpaired) electrons. The molecule has 0 aliphatic carbocycles. The molecule has 2 aromatic carbocycles. The number of amides is 3. The first-order valence-electron chi connectivity index (χ1n) is 14.0. The van der Waals surface area contributed by atoms with Crippen LogP contribution in [-0.4, -0.2) is 75.7 Å². The van der Waals surface area contributed by atoms with Gasteiger partial charge in [-0.2, -0.15) is 0 Å². The lowest BCUT2D eigenvalue weighted by molar-refractivity contribution is -0.142. The number of hydrogen-bond acceptors (Lipinski definition) is 7. The van der Waals surface area contributed by atoms with Gasteiger partial charge >= 0.3 is 5.97 Å². The van der Waals surface area contributed by atoms with Gasteiger partial charge in [-0.1, -0.05) is 55.0 Å². The van der Waals surface area contributed by atoms with E-state index in [0.29, 0.717) is 36.9 Å². The van der Waals surface area contributed by atoms with E-state index < -0.39 is 54.0 Å². The summed E-state index contributed by atoms with van der Waals surface area (Å²) < 4.78 is 0. The Hall–Kier alpha value is -4.26. The Bertz CT molecular complexity index is 1340. The van der Waals surface area contributed by atoms with Crippen LogP contribution in [0.25, 0.3) is 10.9 Å². The number of carbonyl (C=O) groups is 4. The molecule has 1 heterocycles. The first-order valence-corrected chi connectivity index (χ1v) is 14.0. The lowest BCUT2D eigenvalue weighted by Crippen LogP contribution is -2.60. The average Bonchev–Trinajstić information content (AvgIpc) is 3.38. The molecule has 0 aliphatic rings. The molecule has 12 nitrogen and oxygen atoms in total. The van der Waals surface area contributed by atoms with E-state index in [1.165, 1.54) is 6.92 Å². The van der Waals surface area contributed by atoms with Crippen LogP contribution < -0.4 is 27.4 Å². The molecule has 0 fully saturated rings. The topological polar surface area (TPSA) is 213 Å². The number of carbonyl (C=O) groups excluding carboxylic acids is 3. The summed E-state index contributed by atoms with van der Waals surface area (Å²) in [6.45, 7) is 1.79. The van der Waals surface area contributed by atoms with Crippen molar-refractivity contribution in [2.24, 2.45) is 11.5 Å². The van der Waals surface area contributed by atoms with Crippen LogP contribution in [0.1, 0.15) is 37.3 Å². The van der Waals surface area contributed by atoms with Crippen molar-refractivity contribution >= 4 is 34.6 Å². The number of unbranched alkanes of at least 4 members (excludes halogenated alkanes) is 1. The van der Waals surface area contributed by atoms with E-state index in [4.69, 9.17) is 11.5 Å². The smallest absolute Gasteiger partial charge is 0.326 e. The largest absolute Gasteiger partial charge is 0.480 e. The molecule has 1 aromatic heterocycles. The Labute approximate surface area is 244 Å². The molecule has 5 unspecified atom stereocenters. The zero-order valence-electron chi connectivity index (χ0n) is 23.6. The molecule has 0 bridgehead atoms. The lowest BCUT2D eigenvalue weighted by atomic mass is 10.0. The first kappa shape index (κ1) is 32.3. The minimum absolute atomic E-state index is 0.00545. The highest BCUT2D eigenvalue weighted by atomic mass is 16.4. The third-order valence-corrected chi connectivity index (χ3v) is 7.00. The number of nitrogens with one attached hydrogen (secondary N) is 4. The fourth-order valence-corrected chi connectivity index (χ4v) is 4.62. The molecule has 0 saturated heterocycles. The molecule has 5 atom stereocenters. The molecule has 0 aliphatic heterocycles. The van der Waals surface area contributed by atoms with Gasteiger partial charge < -0.3 is 42.6 Å². The van der Waals surface area contributed by atoms with Crippen molar-refractivity contribution in [2.45, 2.75) is 69.3 Å². The van der Waals surface area contributed by atoms with Crippen LogP contribution in [0.3, 0.4) is 0 Å². The standard InChI is InChI=1S/C30H40N6O6/c1-18(37)26(36-27(38)22(32)12-7-8-14-31)29(40)34-24(15-19-9-3-2-4-10-19)28(39)35-25(30(41)42)16-20-17-33-23-13-6-5-11-21(20)23/h2-6,9-11,13,17-18,22,24-26,33,37H,7-8,12,14-16,31-32H2,1H3,(H,34,40)(H,35,39)(H,36,38)(H,41,42). The van der Waals surface area contributed by atoms with Crippen LogP contribution in [0.2, 0.25) is 0 Å². The second-order valence-electron chi connectivity index (χ2n) is 10.3. The predicted octanol–water partition coefficient (Wildman–Crippen LogP) is 0.329. The van der Waals surface area contributed by atoms with Gasteiger partial charge in [0.1, 0.15) is 18.1 Å². The van der Waals surface area contributed by atoms with E-state index in [-0.39, 0.29) is 12.8 Å². The fourth-order valence-electron chi connectivity index (χ4n) is 4.62. The quantitative estimate of drug-likeness (QED) is 0.110. The number of aromatic amines is 1. The number of H-pyrrole nitrogens is 1. The normalized spacial score (nSPS) is 14.8. The predicted molar refractivity (Wildman–Crippen MR) is 158 cm³/mol.